The molecule has 3 aromatic rings. The molecule has 0 unspecified atom stereocenters. The number of hydrogen-bond donors (Lipinski definition) is 1. The van der Waals surface area contributed by atoms with E-state index in [9.17, 15) is 4.79 Å². The average molecular weight is 379 g/mol. The van der Waals surface area contributed by atoms with Crippen molar-refractivity contribution >= 4 is 16.9 Å². The fourth-order valence-corrected chi connectivity index (χ4v) is 3.86. The lowest BCUT2D eigenvalue weighted by Gasteiger charge is -2.13. The number of para-hydroxylation sites is 1. The molecule has 1 amide bonds. The highest BCUT2D eigenvalue weighted by atomic mass is 16.5. The van der Waals surface area contributed by atoms with Crippen LogP contribution in [0, 0.1) is 0 Å². The monoisotopic (exact) mass is 379 g/mol. The molecule has 0 spiro atoms. The van der Waals surface area contributed by atoms with Gasteiger partial charge < -0.3 is 19.4 Å². The molecule has 28 heavy (non-hydrogen) atoms. The first-order chi connectivity index (χ1) is 13.7. The van der Waals surface area contributed by atoms with Crippen LogP contribution in [-0.2, 0) is 19.5 Å². The summed E-state index contributed by atoms with van der Waals surface area (Å²) in [4.78, 5) is 17.5. The molecule has 1 N–H and O–H groups in total. The van der Waals surface area contributed by atoms with Gasteiger partial charge in [-0.05, 0) is 37.1 Å². The Balaban J connectivity index is 1.53. The Labute approximate surface area is 164 Å². The molecule has 6 nitrogen and oxygen atoms in total. The highest BCUT2D eigenvalue weighted by molar-refractivity contribution is 5.97. The maximum Gasteiger partial charge on any atom is 0.251 e. The van der Waals surface area contributed by atoms with E-state index in [0.29, 0.717) is 23.6 Å². The summed E-state index contributed by atoms with van der Waals surface area (Å²) in [6.45, 7) is 1.37. The molecule has 1 aromatic heterocycles. The van der Waals surface area contributed by atoms with Crippen LogP contribution in [0.5, 0.6) is 11.5 Å². The summed E-state index contributed by atoms with van der Waals surface area (Å²) in [7, 11) is 3.20. The van der Waals surface area contributed by atoms with Gasteiger partial charge in [-0.3, -0.25) is 4.79 Å². The van der Waals surface area contributed by atoms with Gasteiger partial charge in [0.25, 0.3) is 5.91 Å². The molecule has 0 aliphatic carbocycles. The number of aromatic nitrogens is 2. The van der Waals surface area contributed by atoms with Crippen molar-refractivity contribution in [2.24, 2.45) is 0 Å². The number of nitrogens with zero attached hydrogens (tertiary/aromatic N) is 2. The number of amides is 1. The molecule has 6 heteroatoms. The topological polar surface area (TPSA) is 65.4 Å². The van der Waals surface area contributed by atoms with Crippen LogP contribution < -0.4 is 14.8 Å². The Bertz CT molecular complexity index is 1010. The quantitative estimate of drug-likeness (QED) is 0.734. The van der Waals surface area contributed by atoms with Crippen molar-refractivity contribution in [1.29, 1.82) is 0 Å². The Hall–Kier alpha value is -3.02. The van der Waals surface area contributed by atoms with Gasteiger partial charge >= 0.3 is 0 Å². The zero-order valence-electron chi connectivity index (χ0n) is 16.3. The van der Waals surface area contributed by atoms with Gasteiger partial charge in [-0.15, -0.1) is 0 Å². The van der Waals surface area contributed by atoms with E-state index in [0.717, 1.165) is 35.4 Å². The van der Waals surface area contributed by atoms with Crippen molar-refractivity contribution in [3.63, 3.8) is 0 Å². The van der Waals surface area contributed by atoms with Crippen LogP contribution in [-0.4, -0.2) is 29.7 Å². The number of carbonyl (C=O) groups excluding carboxylic acids is 1. The molecule has 1 aliphatic rings. The molecule has 0 fully saturated rings. The number of methoxy groups -OCH3 is 2. The van der Waals surface area contributed by atoms with Gasteiger partial charge in [0.15, 0.2) is 11.5 Å². The molecule has 0 saturated carbocycles. The zero-order chi connectivity index (χ0) is 19.5. The molecule has 0 bridgehead atoms. The van der Waals surface area contributed by atoms with E-state index in [2.05, 4.69) is 9.88 Å². The summed E-state index contributed by atoms with van der Waals surface area (Å²) < 4.78 is 13.0. The fraction of sp³-hybridized carbons (Fsp3) is 0.364. The summed E-state index contributed by atoms with van der Waals surface area (Å²) in [5.41, 5.74) is 3.49. The molecular formula is C22H25N3O3. The number of benzene rings is 2. The van der Waals surface area contributed by atoms with E-state index < -0.39 is 0 Å². The molecule has 2 heterocycles. The Morgan fingerprint density at radius 3 is 2.86 bits per heavy atom. The van der Waals surface area contributed by atoms with Crippen molar-refractivity contribution in [1.82, 2.24) is 14.9 Å². The number of ether oxygens (including phenoxy) is 2. The first kappa shape index (κ1) is 18.3. The number of fused-ring (bicyclic) bond motifs is 3. The SMILES string of the molecule is COc1cccc(CNC(=O)c2ccc3c(c2)nc2n3CCCCC2)c1OC. The standard InChI is InChI=1S/C22H25N3O3/c1-27-19-8-6-7-16(21(19)28-2)14-23-22(26)15-10-11-18-17(13-15)24-20-9-4-3-5-12-25(18)20/h6-8,10-11,13H,3-5,9,12,14H2,1-2H3,(H,23,26). The minimum atomic E-state index is -0.130. The van der Waals surface area contributed by atoms with Gasteiger partial charge in [0, 0.05) is 30.6 Å². The van der Waals surface area contributed by atoms with Gasteiger partial charge in [0.2, 0.25) is 0 Å². The van der Waals surface area contributed by atoms with Crippen molar-refractivity contribution in [3.05, 3.63) is 53.3 Å². The Morgan fingerprint density at radius 2 is 2.04 bits per heavy atom. The summed E-state index contributed by atoms with van der Waals surface area (Å²) in [6, 6.07) is 11.4. The van der Waals surface area contributed by atoms with Crippen LogP contribution in [0.4, 0.5) is 0 Å². The van der Waals surface area contributed by atoms with E-state index in [1.165, 1.54) is 19.3 Å². The predicted octanol–water partition coefficient (Wildman–Crippen LogP) is 3.71. The van der Waals surface area contributed by atoms with Gasteiger partial charge in [0.05, 0.1) is 25.3 Å². The summed E-state index contributed by atoms with van der Waals surface area (Å²) >= 11 is 0. The maximum absolute atomic E-state index is 12.7. The molecule has 2 aromatic carbocycles. The predicted molar refractivity (Wildman–Crippen MR) is 108 cm³/mol. The van der Waals surface area contributed by atoms with Gasteiger partial charge in [-0.2, -0.15) is 0 Å². The van der Waals surface area contributed by atoms with Crippen LogP contribution in [0.25, 0.3) is 11.0 Å². The van der Waals surface area contributed by atoms with Gasteiger partial charge in [-0.25, -0.2) is 4.98 Å². The number of aryl methyl sites for hydroxylation is 2. The van der Waals surface area contributed by atoms with E-state index in [1.54, 1.807) is 14.2 Å². The second-order valence-corrected chi connectivity index (χ2v) is 7.03. The smallest absolute Gasteiger partial charge is 0.251 e. The van der Waals surface area contributed by atoms with Crippen molar-refractivity contribution in [2.75, 3.05) is 14.2 Å². The first-order valence-corrected chi connectivity index (χ1v) is 9.68. The second-order valence-electron chi connectivity index (χ2n) is 7.03. The molecule has 146 valence electrons. The van der Waals surface area contributed by atoms with Crippen molar-refractivity contribution in [2.45, 2.75) is 38.8 Å². The van der Waals surface area contributed by atoms with Crippen LogP contribution in [0.1, 0.15) is 41.0 Å². The molecule has 0 atom stereocenters. The third kappa shape index (κ3) is 3.42. The maximum atomic E-state index is 12.7. The number of rotatable bonds is 5. The third-order valence-electron chi connectivity index (χ3n) is 5.30. The molecule has 4 rings (SSSR count). The Morgan fingerprint density at radius 1 is 1.14 bits per heavy atom. The molecule has 0 radical (unpaired) electrons. The van der Waals surface area contributed by atoms with Gasteiger partial charge in [0.1, 0.15) is 5.82 Å². The molecule has 1 aliphatic heterocycles. The van der Waals surface area contributed by atoms with E-state index >= 15 is 0 Å². The van der Waals surface area contributed by atoms with Crippen molar-refractivity contribution < 1.29 is 14.3 Å². The molecular weight excluding hydrogens is 354 g/mol. The van der Waals surface area contributed by atoms with E-state index in [-0.39, 0.29) is 5.91 Å². The van der Waals surface area contributed by atoms with Crippen LogP contribution in [0.3, 0.4) is 0 Å². The Kier molecular flexibility index (Phi) is 5.19. The zero-order valence-corrected chi connectivity index (χ0v) is 16.3. The number of imidazole rings is 1. The summed E-state index contributed by atoms with van der Waals surface area (Å²) in [5.74, 6) is 2.29. The summed E-state index contributed by atoms with van der Waals surface area (Å²) in [6.07, 6.45) is 4.62. The average Bonchev–Trinajstić information content (AvgIpc) is 2.90. The fourth-order valence-electron chi connectivity index (χ4n) is 3.86. The third-order valence-corrected chi connectivity index (χ3v) is 5.30. The number of hydrogen-bond acceptors (Lipinski definition) is 4. The minimum absolute atomic E-state index is 0.130. The highest BCUT2D eigenvalue weighted by Gasteiger charge is 2.16. The molecule has 0 saturated heterocycles. The lowest BCUT2D eigenvalue weighted by Crippen LogP contribution is -2.23. The second kappa shape index (κ2) is 7.92. The van der Waals surface area contributed by atoms with E-state index in [1.807, 2.05) is 36.4 Å². The van der Waals surface area contributed by atoms with Crippen LogP contribution in [0.15, 0.2) is 36.4 Å². The number of nitrogens with one attached hydrogen (secondary N) is 1. The first-order valence-electron chi connectivity index (χ1n) is 9.68. The number of carbonyl (C=O) groups is 1. The van der Waals surface area contributed by atoms with Gasteiger partial charge in [-0.1, -0.05) is 18.6 Å². The highest BCUT2D eigenvalue weighted by Crippen LogP contribution is 2.30. The minimum Gasteiger partial charge on any atom is -0.493 e. The lowest BCUT2D eigenvalue weighted by molar-refractivity contribution is 0.0950. The van der Waals surface area contributed by atoms with Crippen molar-refractivity contribution in [3.8, 4) is 11.5 Å². The normalized spacial score (nSPS) is 13.6. The van der Waals surface area contributed by atoms with Crippen LogP contribution >= 0.6 is 0 Å². The largest absolute Gasteiger partial charge is 0.493 e. The van der Waals surface area contributed by atoms with E-state index in [4.69, 9.17) is 14.5 Å². The van der Waals surface area contributed by atoms with Crippen LogP contribution in [0.2, 0.25) is 0 Å². The lowest BCUT2D eigenvalue weighted by atomic mass is 10.1. The summed E-state index contributed by atoms with van der Waals surface area (Å²) in [5, 5.41) is 2.97.